The second-order valence-corrected chi connectivity index (χ2v) is 5.33. The van der Waals surface area contributed by atoms with Crippen molar-refractivity contribution in [2.45, 2.75) is 31.2 Å². The lowest BCUT2D eigenvalue weighted by molar-refractivity contribution is 0.113. The fraction of sp³-hybridized carbons (Fsp3) is 0.500. The monoisotopic (exact) mass is 236 g/mol. The highest BCUT2D eigenvalue weighted by molar-refractivity contribution is 7.92. The molecule has 0 amide bonds. The molecule has 0 atom stereocenters. The molecule has 15 heavy (non-hydrogen) atoms. The molecule has 0 unspecified atom stereocenters. The maximum absolute atomic E-state index is 12.8. The van der Waals surface area contributed by atoms with Crippen molar-refractivity contribution < 1.29 is 17.2 Å². The van der Waals surface area contributed by atoms with E-state index in [-0.39, 0.29) is 0 Å². The van der Waals surface area contributed by atoms with Gasteiger partial charge in [-0.05, 0) is 19.9 Å². The molecule has 0 fully saturated rings. The van der Waals surface area contributed by atoms with E-state index in [4.69, 9.17) is 0 Å². The number of hydrogen-bond acceptors (Lipinski definition) is 4. The van der Waals surface area contributed by atoms with Crippen LogP contribution in [-0.2, 0) is 9.84 Å². The molecule has 1 heterocycles. The summed E-state index contributed by atoms with van der Waals surface area (Å²) in [6.45, 7) is 3.34. The van der Waals surface area contributed by atoms with Crippen LogP contribution in [-0.4, -0.2) is 23.6 Å². The number of sulfone groups is 1. The van der Waals surface area contributed by atoms with E-state index < -0.39 is 20.2 Å². The van der Waals surface area contributed by atoms with Gasteiger partial charge in [0.25, 0.3) is 15.0 Å². The molecule has 84 valence electrons. The average Bonchev–Trinajstić information content (AvgIpc) is 1.99. The molecular weight excluding hydrogens is 226 g/mol. The van der Waals surface area contributed by atoms with Crippen LogP contribution in [0.25, 0.3) is 0 Å². The van der Waals surface area contributed by atoms with Gasteiger partial charge in [-0.3, -0.25) is 0 Å². The van der Waals surface area contributed by atoms with E-state index in [1.165, 1.54) is 19.9 Å². The van der Waals surface area contributed by atoms with E-state index in [1.807, 2.05) is 0 Å². The molecule has 0 aliphatic carbocycles. The van der Waals surface area contributed by atoms with Crippen molar-refractivity contribution in [3.05, 3.63) is 17.5 Å². The number of hydrogen-bond donors (Lipinski definition) is 0. The van der Waals surface area contributed by atoms with Gasteiger partial charge in [0.1, 0.15) is 0 Å². The molecule has 0 saturated heterocycles. The van der Waals surface area contributed by atoms with Gasteiger partial charge < -0.3 is 0 Å². The highest BCUT2D eigenvalue weighted by atomic mass is 32.2. The maximum atomic E-state index is 12.8. The zero-order chi connectivity index (χ0) is 11.9. The van der Waals surface area contributed by atoms with Crippen LogP contribution in [0.4, 0.5) is 8.78 Å². The summed E-state index contributed by atoms with van der Waals surface area (Å²) in [6, 6.07) is 1.51. The van der Waals surface area contributed by atoms with Crippen molar-refractivity contribution in [1.29, 1.82) is 0 Å². The summed E-state index contributed by atoms with van der Waals surface area (Å²) in [6.07, 6.45) is 0. The first-order valence-electron chi connectivity index (χ1n) is 4.09. The predicted molar refractivity (Wildman–Crippen MR) is 49.3 cm³/mol. The Morgan fingerprint density at radius 2 is 1.60 bits per heavy atom. The number of alkyl halides is 2. The van der Waals surface area contributed by atoms with Crippen molar-refractivity contribution in [1.82, 2.24) is 9.97 Å². The Balaban J connectivity index is 3.41. The summed E-state index contributed by atoms with van der Waals surface area (Å²) < 4.78 is 48.1. The third kappa shape index (κ3) is 2.28. The van der Waals surface area contributed by atoms with Crippen LogP contribution >= 0.6 is 0 Å². The SMILES string of the molecule is Cc1cc(C)nc(S(=O)(=O)C(C)(F)F)n1. The number of aromatic nitrogens is 2. The van der Waals surface area contributed by atoms with Gasteiger partial charge in [-0.15, -0.1) is 0 Å². The second-order valence-electron chi connectivity index (χ2n) is 3.24. The Labute approximate surface area is 86.3 Å². The smallest absolute Gasteiger partial charge is 0.223 e. The van der Waals surface area contributed by atoms with E-state index in [0.29, 0.717) is 18.3 Å². The Hall–Kier alpha value is -1.11. The first kappa shape index (κ1) is 12.0. The van der Waals surface area contributed by atoms with Gasteiger partial charge in [-0.25, -0.2) is 18.4 Å². The van der Waals surface area contributed by atoms with Gasteiger partial charge in [0.2, 0.25) is 0 Å². The predicted octanol–water partition coefficient (Wildman–Crippen LogP) is 1.48. The lowest BCUT2D eigenvalue weighted by atomic mass is 10.4. The minimum Gasteiger partial charge on any atom is -0.223 e. The fourth-order valence-electron chi connectivity index (χ4n) is 0.974. The van der Waals surface area contributed by atoms with E-state index in [9.17, 15) is 17.2 Å². The normalized spacial score (nSPS) is 12.9. The zero-order valence-corrected chi connectivity index (χ0v) is 9.27. The Bertz CT molecular complexity index is 460. The number of aryl methyl sites for hydroxylation is 2. The number of halogens is 2. The second kappa shape index (κ2) is 3.48. The average molecular weight is 236 g/mol. The molecule has 0 radical (unpaired) electrons. The summed E-state index contributed by atoms with van der Waals surface area (Å²) in [7, 11) is -4.78. The van der Waals surface area contributed by atoms with Crippen molar-refractivity contribution in [3.8, 4) is 0 Å². The molecule has 7 heteroatoms. The fourth-order valence-corrected chi connectivity index (χ4v) is 1.82. The minimum absolute atomic E-state index is 0.309. The molecule has 0 aliphatic heterocycles. The molecule has 0 aliphatic rings. The van der Waals surface area contributed by atoms with Crippen LogP contribution in [0.5, 0.6) is 0 Å². The summed E-state index contributed by atoms with van der Waals surface area (Å²) >= 11 is 0. The lowest BCUT2D eigenvalue weighted by Gasteiger charge is -2.10. The van der Waals surface area contributed by atoms with Crippen molar-refractivity contribution in [2.24, 2.45) is 0 Å². The summed E-state index contributed by atoms with van der Waals surface area (Å²) in [5.74, 6) is 0. The number of nitrogens with zero attached hydrogens (tertiary/aromatic N) is 2. The first-order chi connectivity index (χ1) is 6.64. The van der Waals surface area contributed by atoms with Crippen LogP contribution < -0.4 is 0 Å². The van der Waals surface area contributed by atoms with Gasteiger partial charge in [-0.1, -0.05) is 0 Å². The van der Waals surface area contributed by atoms with E-state index in [2.05, 4.69) is 9.97 Å². The van der Waals surface area contributed by atoms with Crippen molar-refractivity contribution >= 4 is 9.84 Å². The topological polar surface area (TPSA) is 59.9 Å². The molecule has 0 aromatic carbocycles. The minimum atomic E-state index is -4.78. The third-order valence-corrected chi connectivity index (χ3v) is 3.28. The van der Waals surface area contributed by atoms with E-state index in [1.54, 1.807) is 0 Å². The molecule has 1 aromatic rings. The number of rotatable bonds is 2. The van der Waals surface area contributed by atoms with Gasteiger partial charge in [-0.2, -0.15) is 8.78 Å². The Morgan fingerprint density at radius 3 is 1.93 bits per heavy atom. The molecule has 0 saturated carbocycles. The Kier molecular flexibility index (Phi) is 2.77. The summed E-state index contributed by atoms with van der Waals surface area (Å²) in [5.41, 5.74) is 0.677. The summed E-state index contributed by atoms with van der Waals surface area (Å²) in [5, 5.41) is -4.69. The van der Waals surface area contributed by atoms with Gasteiger partial charge in [0, 0.05) is 18.3 Å². The third-order valence-electron chi connectivity index (χ3n) is 1.67. The van der Waals surface area contributed by atoms with E-state index in [0.717, 1.165) is 0 Å². The van der Waals surface area contributed by atoms with Gasteiger partial charge >= 0.3 is 5.25 Å². The highest BCUT2D eigenvalue weighted by Crippen LogP contribution is 2.26. The maximum Gasteiger partial charge on any atom is 0.350 e. The molecular formula is C8H10F2N2O2S. The van der Waals surface area contributed by atoms with Crippen LogP contribution in [0.2, 0.25) is 0 Å². The van der Waals surface area contributed by atoms with E-state index >= 15 is 0 Å². The molecule has 0 spiro atoms. The van der Waals surface area contributed by atoms with Gasteiger partial charge in [0.05, 0.1) is 0 Å². The van der Waals surface area contributed by atoms with Crippen LogP contribution in [0.3, 0.4) is 0 Å². The summed E-state index contributed by atoms with van der Waals surface area (Å²) in [4.78, 5) is 6.99. The Morgan fingerprint density at radius 1 is 1.20 bits per heavy atom. The zero-order valence-electron chi connectivity index (χ0n) is 8.45. The molecule has 4 nitrogen and oxygen atoms in total. The first-order valence-corrected chi connectivity index (χ1v) is 5.57. The highest BCUT2D eigenvalue weighted by Gasteiger charge is 2.43. The standard InChI is InChI=1S/C8H10F2N2O2S/c1-5-4-6(2)12-7(11-5)15(13,14)8(3,9)10/h4H,1-3H3. The van der Waals surface area contributed by atoms with Crippen molar-refractivity contribution in [3.63, 3.8) is 0 Å². The largest absolute Gasteiger partial charge is 0.350 e. The van der Waals surface area contributed by atoms with Gasteiger partial charge in [0.15, 0.2) is 0 Å². The quantitative estimate of drug-likeness (QED) is 0.730. The van der Waals surface area contributed by atoms with Crippen LogP contribution in [0.1, 0.15) is 18.3 Å². The lowest BCUT2D eigenvalue weighted by Crippen LogP contribution is -2.27. The molecule has 0 bridgehead atoms. The molecule has 0 N–H and O–H groups in total. The molecule has 1 aromatic heterocycles. The van der Waals surface area contributed by atoms with Crippen LogP contribution in [0, 0.1) is 13.8 Å². The molecule has 1 rings (SSSR count). The van der Waals surface area contributed by atoms with Crippen molar-refractivity contribution in [2.75, 3.05) is 0 Å². The van der Waals surface area contributed by atoms with Crippen LogP contribution in [0.15, 0.2) is 11.2 Å².